The second-order valence-electron chi connectivity index (χ2n) is 7.16. The number of aliphatic hydroxyl groups is 1. The van der Waals surface area contributed by atoms with Crippen molar-refractivity contribution in [3.05, 3.63) is 34.4 Å². The van der Waals surface area contributed by atoms with Gasteiger partial charge in [0.25, 0.3) is 0 Å². The molecule has 9 heteroatoms. The summed E-state index contributed by atoms with van der Waals surface area (Å²) in [5.41, 5.74) is -1.44. The Labute approximate surface area is 165 Å². The highest BCUT2D eigenvalue weighted by Crippen LogP contribution is 2.61. The van der Waals surface area contributed by atoms with Crippen LogP contribution in [0.1, 0.15) is 40.9 Å². The van der Waals surface area contributed by atoms with Crippen LogP contribution in [0.2, 0.25) is 0 Å². The molecule has 0 saturated carbocycles. The van der Waals surface area contributed by atoms with Crippen LogP contribution >= 0.6 is 0 Å². The minimum absolute atomic E-state index is 0.0242. The molecule has 2 atom stereocenters. The number of benzene rings is 2. The summed E-state index contributed by atoms with van der Waals surface area (Å²) in [6.45, 7) is 2.44. The van der Waals surface area contributed by atoms with Crippen molar-refractivity contribution in [2.75, 3.05) is 14.2 Å². The normalized spacial score (nSPS) is 24.4. The van der Waals surface area contributed by atoms with Gasteiger partial charge in [-0.25, -0.2) is 0 Å². The number of phenolic OH excluding ortho intramolecular Hbond substituents is 3. The molecular formula is C20H20O9. The van der Waals surface area contributed by atoms with Crippen LogP contribution in [-0.2, 0) is 22.7 Å². The quantitative estimate of drug-likeness (QED) is 0.567. The number of phenols is 3. The molecule has 0 aromatic heterocycles. The number of ketones is 1. The molecular weight excluding hydrogens is 384 g/mol. The Morgan fingerprint density at radius 1 is 1.00 bits per heavy atom. The first kappa shape index (κ1) is 19.2. The van der Waals surface area contributed by atoms with Gasteiger partial charge in [-0.1, -0.05) is 0 Å². The van der Waals surface area contributed by atoms with Gasteiger partial charge in [-0.3, -0.25) is 4.79 Å². The van der Waals surface area contributed by atoms with Crippen LogP contribution in [0.3, 0.4) is 0 Å². The van der Waals surface area contributed by atoms with Gasteiger partial charge in [0.1, 0.15) is 5.75 Å². The van der Waals surface area contributed by atoms with E-state index in [1.165, 1.54) is 34.1 Å². The number of ether oxygens (including phenoxy) is 4. The van der Waals surface area contributed by atoms with Gasteiger partial charge < -0.3 is 39.4 Å². The molecule has 2 heterocycles. The minimum Gasteiger partial charge on any atom is -0.504 e. The van der Waals surface area contributed by atoms with Crippen molar-refractivity contribution in [1.29, 1.82) is 0 Å². The van der Waals surface area contributed by atoms with Crippen LogP contribution in [0.15, 0.2) is 12.1 Å². The van der Waals surface area contributed by atoms with E-state index in [4.69, 9.17) is 18.9 Å². The van der Waals surface area contributed by atoms with Crippen molar-refractivity contribution >= 4 is 5.78 Å². The molecule has 2 aromatic rings. The summed E-state index contributed by atoms with van der Waals surface area (Å²) in [6.07, 6.45) is 0. The first-order chi connectivity index (χ1) is 13.6. The molecule has 0 spiro atoms. The summed E-state index contributed by atoms with van der Waals surface area (Å²) in [5.74, 6) is -3.94. The summed E-state index contributed by atoms with van der Waals surface area (Å²) < 4.78 is 22.3. The van der Waals surface area contributed by atoms with Crippen molar-refractivity contribution in [1.82, 2.24) is 0 Å². The van der Waals surface area contributed by atoms with Gasteiger partial charge in [-0.15, -0.1) is 0 Å². The first-order valence-corrected chi connectivity index (χ1v) is 8.74. The van der Waals surface area contributed by atoms with Crippen LogP contribution in [-0.4, -0.2) is 40.4 Å². The zero-order valence-corrected chi connectivity index (χ0v) is 16.2. The average Bonchev–Trinajstić information content (AvgIpc) is 2.68. The third-order valence-electron chi connectivity index (χ3n) is 5.44. The van der Waals surface area contributed by atoms with Crippen LogP contribution < -0.4 is 14.2 Å². The molecule has 0 saturated heterocycles. The molecule has 2 aliphatic heterocycles. The number of hydrogen-bond donors (Lipinski definition) is 4. The third kappa shape index (κ3) is 2.25. The van der Waals surface area contributed by atoms with E-state index in [9.17, 15) is 25.2 Å². The Morgan fingerprint density at radius 3 is 2.24 bits per heavy atom. The smallest absolute Gasteiger partial charge is 0.240 e. The highest BCUT2D eigenvalue weighted by molar-refractivity contribution is 6.09. The summed E-state index contributed by atoms with van der Waals surface area (Å²) >= 11 is 0. The van der Waals surface area contributed by atoms with Gasteiger partial charge in [0, 0.05) is 18.6 Å². The lowest BCUT2D eigenvalue weighted by atomic mass is 9.76. The molecule has 0 aliphatic carbocycles. The van der Waals surface area contributed by atoms with Crippen LogP contribution in [0.4, 0.5) is 0 Å². The van der Waals surface area contributed by atoms with Crippen LogP contribution in [0, 0.1) is 0 Å². The van der Waals surface area contributed by atoms with Crippen molar-refractivity contribution in [3.8, 4) is 34.5 Å². The molecule has 0 radical (unpaired) electrons. The largest absolute Gasteiger partial charge is 0.504 e. The average molecular weight is 404 g/mol. The van der Waals surface area contributed by atoms with Gasteiger partial charge >= 0.3 is 0 Å². The first-order valence-electron chi connectivity index (χ1n) is 8.74. The topological polar surface area (TPSA) is 135 Å². The van der Waals surface area contributed by atoms with Gasteiger partial charge in [0.15, 0.2) is 28.6 Å². The van der Waals surface area contributed by atoms with Gasteiger partial charge in [-0.2, -0.15) is 0 Å². The Hall–Kier alpha value is -3.17. The van der Waals surface area contributed by atoms with Crippen molar-refractivity contribution < 1.29 is 44.2 Å². The van der Waals surface area contributed by atoms with E-state index in [0.717, 1.165) is 6.07 Å². The molecule has 0 amide bonds. The van der Waals surface area contributed by atoms with Crippen LogP contribution in [0.25, 0.3) is 0 Å². The fraction of sp³-hybridized carbons (Fsp3) is 0.350. The second kappa shape index (κ2) is 5.91. The maximum atomic E-state index is 13.6. The maximum absolute atomic E-state index is 13.6. The molecule has 2 bridgehead atoms. The number of fused-ring (bicyclic) bond motifs is 6. The molecule has 0 unspecified atom stereocenters. The van der Waals surface area contributed by atoms with E-state index < -0.39 is 35.3 Å². The third-order valence-corrected chi connectivity index (χ3v) is 5.44. The Kier molecular flexibility index (Phi) is 3.91. The van der Waals surface area contributed by atoms with E-state index in [0.29, 0.717) is 0 Å². The van der Waals surface area contributed by atoms with E-state index in [1.807, 2.05) is 0 Å². The fourth-order valence-electron chi connectivity index (χ4n) is 4.20. The van der Waals surface area contributed by atoms with Gasteiger partial charge in [0.05, 0.1) is 32.0 Å². The summed E-state index contributed by atoms with van der Waals surface area (Å²) in [5, 5.41) is 41.2. The fourth-order valence-corrected chi connectivity index (χ4v) is 4.20. The number of rotatable bonds is 3. The monoisotopic (exact) mass is 404 g/mol. The molecule has 2 aliphatic rings. The van der Waals surface area contributed by atoms with Crippen molar-refractivity contribution in [3.63, 3.8) is 0 Å². The standard InChI is InChI=1S/C20H20O9/c1-19-13-8(7-21)5-11(27-4)16(24)17(13)28-20(2,29-19)14-12(18(19)25)10(26-3)6-9(22)15(14)23/h5-6,21-24H,7H2,1-4H3/t19-,20-/m1/s1. The van der Waals surface area contributed by atoms with Gasteiger partial charge in [0.2, 0.25) is 17.3 Å². The number of carbonyl (C=O) groups excluding carboxylic acids is 1. The lowest BCUT2D eigenvalue weighted by Gasteiger charge is -2.50. The van der Waals surface area contributed by atoms with E-state index in [-0.39, 0.29) is 45.3 Å². The zero-order chi connectivity index (χ0) is 21.3. The van der Waals surface area contributed by atoms with E-state index in [1.54, 1.807) is 0 Å². The molecule has 9 nitrogen and oxygen atoms in total. The number of carbonyl (C=O) groups is 1. The number of hydrogen-bond acceptors (Lipinski definition) is 9. The van der Waals surface area contributed by atoms with Crippen molar-refractivity contribution in [2.24, 2.45) is 0 Å². The molecule has 4 N–H and O–H groups in total. The highest BCUT2D eigenvalue weighted by atomic mass is 16.7. The number of methoxy groups -OCH3 is 2. The minimum atomic E-state index is -1.77. The SMILES string of the molecule is COc1cc(CO)c2c(c1O)O[C@]1(C)O[C@@]2(C)C(=O)c2c(OC)cc(O)c(O)c21. The number of aromatic hydroxyl groups is 3. The molecule has 29 heavy (non-hydrogen) atoms. The van der Waals surface area contributed by atoms with E-state index >= 15 is 0 Å². The summed E-state index contributed by atoms with van der Waals surface area (Å²) in [6, 6.07) is 2.52. The summed E-state index contributed by atoms with van der Waals surface area (Å²) in [4.78, 5) is 13.6. The number of aliphatic hydroxyl groups excluding tert-OH is 1. The van der Waals surface area contributed by atoms with E-state index in [2.05, 4.69) is 0 Å². The van der Waals surface area contributed by atoms with Gasteiger partial charge in [-0.05, 0) is 18.6 Å². The molecule has 0 fully saturated rings. The lowest BCUT2D eigenvalue weighted by Crippen LogP contribution is -2.55. The molecule has 2 aromatic carbocycles. The Bertz CT molecular complexity index is 1060. The lowest BCUT2D eigenvalue weighted by molar-refractivity contribution is -0.255. The van der Waals surface area contributed by atoms with Crippen LogP contribution in [0.5, 0.6) is 34.5 Å². The Morgan fingerprint density at radius 2 is 1.66 bits per heavy atom. The highest BCUT2D eigenvalue weighted by Gasteiger charge is 2.60. The second-order valence-corrected chi connectivity index (χ2v) is 7.16. The zero-order valence-electron chi connectivity index (χ0n) is 16.2. The molecule has 154 valence electrons. The predicted molar refractivity (Wildman–Crippen MR) is 97.7 cm³/mol. The Balaban J connectivity index is 2.13. The predicted octanol–water partition coefficient (Wildman–Crippen LogP) is 2.01. The summed E-state index contributed by atoms with van der Waals surface area (Å²) in [7, 11) is 2.65. The molecule has 4 rings (SSSR count). The van der Waals surface area contributed by atoms with Crippen molar-refractivity contribution in [2.45, 2.75) is 31.8 Å². The number of Topliss-reactive ketones (excluding diaryl/α,β-unsaturated/α-hetero) is 1. The maximum Gasteiger partial charge on any atom is 0.240 e.